The molecule has 3 N–H and O–H groups in total. The second-order valence-electron chi connectivity index (χ2n) is 5.98. The lowest BCUT2D eigenvalue weighted by Crippen LogP contribution is -2.30. The number of pyridine rings is 1. The zero-order valence-electron chi connectivity index (χ0n) is 13.9. The molecule has 1 aliphatic rings. The Bertz CT molecular complexity index is 785. The van der Waals surface area contributed by atoms with Crippen LogP contribution in [-0.4, -0.2) is 57.0 Å². The first-order chi connectivity index (χ1) is 12.1. The summed E-state index contributed by atoms with van der Waals surface area (Å²) in [4.78, 5) is 37.1. The SMILES string of the molecule is O=C(NCCCN1CCCC1)c1nc(-c2ccccn2)[nH]c(=O)c1O. The van der Waals surface area contributed by atoms with Crippen LogP contribution in [0, 0.1) is 0 Å². The first-order valence-electron chi connectivity index (χ1n) is 8.40. The topological polar surface area (TPSA) is 111 Å². The summed E-state index contributed by atoms with van der Waals surface area (Å²) in [6.07, 6.45) is 4.82. The van der Waals surface area contributed by atoms with Crippen LogP contribution in [0.1, 0.15) is 29.8 Å². The molecule has 25 heavy (non-hydrogen) atoms. The standard InChI is InChI=1S/C17H21N5O3/c23-14-13(16(24)19-8-5-11-22-9-3-4-10-22)20-15(21-17(14)25)12-6-1-2-7-18-12/h1-2,6-7,23H,3-5,8-11H2,(H,19,24)(H,20,21,25). The minimum absolute atomic E-state index is 0.144. The van der Waals surface area contributed by atoms with Crippen LogP contribution in [0.4, 0.5) is 0 Å². The van der Waals surface area contributed by atoms with Gasteiger partial charge in [0.2, 0.25) is 5.75 Å². The predicted octanol–water partition coefficient (Wildman–Crippen LogP) is 0.753. The number of carbonyl (C=O) groups is 1. The Balaban J connectivity index is 1.66. The average molecular weight is 343 g/mol. The number of aromatic amines is 1. The molecule has 0 spiro atoms. The van der Waals surface area contributed by atoms with Gasteiger partial charge in [0.15, 0.2) is 11.5 Å². The fourth-order valence-electron chi connectivity index (χ4n) is 2.84. The van der Waals surface area contributed by atoms with Crippen molar-refractivity contribution in [3.8, 4) is 17.3 Å². The smallest absolute Gasteiger partial charge is 0.294 e. The maximum Gasteiger partial charge on any atom is 0.294 e. The summed E-state index contributed by atoms with van der Waals surface area (Å²) in [5, 5.41) is 12.6. The lowest BCUT2D eigenvalue weighted by atomic mass is 10.3. The molecule has 3 heterocycles. The van der Waals surface area contributed by atoms with E-state index in [1.807, 2.05) is 0 Å². The highest BCUT2D eigenvalue weighted by atomic mass is 16.3. The van der Waals surface area contributed by atoms with Gasteiger partial charge in [0.05, 0.1) is 0 Å². The van der Waals surface area contributed by atoms with Gasteiger partial charge in [-0.15, -0.1) is 0 Å². The van der Waals surface area contributed by atoms with E-state index < -0.39 is 17.2 Å². The maximum atomic E-state index is 12.3. The highest BCUT2D eigenvalue weighted by molar-refractivity contribution is 5.95. The van der Waals surface area contributed by atoms with Crippen LogP contribution in [0.2, 0.25) is 0 Å². The van der Waals surface area contributed by atoms with Crippen LogP contribution in [0.25, 0.3) is 11.5 Å². The molecule has 0 radical (unpaired) electrons. The van der Waals surface area contributed by atoms with Gasteiger partial charge in [0.1, 0.15) is 5.69 Å². The molecule has 0 aromatic carbocycles. The number of hydrogen-bond donors (Lipinski definition) is 3. The van der Waals surface area contributed by atoms with Crippen LogP contribution in [0.5, 0.6) is 5.75 Å². The zero-order chi connectivity index (χ0) is 17.6. The summed E-state index contributed by atoms with van der Waals surface area (Å²) in [5.41, 5.74) is -0.633. The van der Waals surface area contributed by atoms with Gasteiger partial charge < -0.3 is 20.3 Å². The van der Waals surface area contributed by atoms with Crippen molar-refractivity contribution in [3.63, 3.8) is 0 Å². The minimum Gasteiger partial charge on any atom is -0.501 e. The molecular formula is C17H21N5O3. The van der Waals surface area contributed by atoms with E-state index in [0.717, 1.165) is 26.1 Å². The highest BCUT2D eigenvalue weighted by Gasteiger charge is 2.19. The van der Waals surface area contributed by atoms with Gasteiger partial charge in [0, 0.05) is 12.7 Å². The Labute approximate surface area is 144 Å². The first kappa shape index (κ1) is 17.1. The summed E-state index contributed by atoms with van der Waals surface area (Å²) in [6, 6.07) is 5.14. The van der Waals surface area contributed by atoms with E-state index >= 15 is 0 Å². The van der Waals surface area contributed by atoms with E-state index in [1.54, 1.807) is 24.4 Å². The number of hydrogen-bond acceptors (Lipinski definition) is 6. The fourth-order valence-corrected chi connectivity index (χ4v) is 2.84. The molecule has 0 atom stereocenters. The fraction of sp³-hybridized carbons (Fsp3) is 0.412. The van der Waals surface area contributed by atoms with Gasteiger partial charge >= 0.3 is 0 Å². The van der Waals surface area contributed by atoms with Crippen molar-refractivity contribution in [2.75, 3.05) is 26.2 Å². The average Bonchev–Trinajstić information content (AvgIpc) is 3.15. The van der Waals surface area contributed by atoms with Gasteiger partial charge in [-0.2, -0.15) is 0 Å². The zero-order valence-corrected chi connectivity index (χ0v) is 13.9. The summed E-state index contributed by atoms with van der Waals surface area (Å²) in [7, 11) is 0. The Kier molecular flexibility index (Phi) is 5.39. The van der Waals surface area contributed by atoms with Gasteiger partial charge in [-0.25, -0.2) is 4.98 Å². The molecule has 0 unspecified atom stereocenters. The Morgan fingerprint density at radius 2 is 2.12 bits per heavy atom. The summed E-state index contributed by atoms with van der Waals surface area (Å²) in [5.74, 6) is -1.11. The predicted molar refractivity (Wildman–Crippen MR) is 92.4 cm³/mol. The van der Waals surface area contributed by atoms with Gasteiger partial charge in [0.25, 0.3) is 11.5 Å². The molecule has 2 aromatic heterocycles. The second-order valence-corrected chi connectivity index (χ2v) is 5.98. The molecule has 0 bridgehead atoms. The summed E-state index contributed by atoms with van der Waals surface area (Å²) in [6.45, 7) is 3.60. The molecule has 2 aromatic rings. The van der Waals surface area contributed by atoms with Crippen LogP contribution in [0.3, 0.4) is 0 Å². The van der Waals surface area contributed by atoms with Crippen molar-refractivity contribution >= 4 is 5.91 Å². The largest absolute Gasteiger partial charge is 0.501 e. The molecule has 8 nitrogen and oxygen atoms in total. The molecule has 0 aliphatic carbocycles. The van der Waals surface area contributed by atoms with Crippen molar-refractivity contribution in [2.45, 2.75) is 19.3 Å². The Morgan fingerprint density at radius 1 is 1.32 bits per heavy atom. The molecule has 1 aliphatic heterocycles. The third kappa shape index (κ3) is 4.21. The molecule has 0 saturated carbocycles. The molecule has 1 amide bonds. The van der Waals surface area contributed by atoms with Crippen LogP contribution < -0.4 is 10.9 Å². The van der Waals surface area contributed by atoms with Crippen LogP contribution >= 0.6 is 0 Å². The number of nitrogens with one attached hydrogen (secondary N) is 2. The third-order valence-electron chi connectivity index (χ3n) is 4.15. The summed E-state index contributed by atoms with van der Waals surface area (Å²) >= 11 is 0. The molecule has 1 fully saturated rings. The number of amides is 1. The Morgan fingerprint density at radius 3 is 2.84 bits per heavy atom. The summed E-state index contributed by atoms with van der Waals surface area (Å²) < 4.78 is 0. The number of nitrogens with zero attached hydrogens (tertiary/aromatic N) is 3. The molecule has 8 heteroatoms. The monoisotopic (exact) mass is 343 g/mol. The van der Waals surface area contributed by atoms with E-state index in [2.05, 4.69) is 25.2 Å². The lowest BCUT2D eigenvalue weighted by Gasteiger charge is -2.14. The number of carbonyl (C=O) groups excluding carboxylic acids is 1. The van der Waals surface area contributed by atoms with Crippen molar-refractivity contribution in [1.82, 2.24) is 25.2 Å². The highest BCUT2D eigenvalue weighted by Crippen LogP contribution is 2.14. The van der Waals surface area contributed by atoms with Crippen molar-refractivity contribution in [3.05, 3.63) is 40.4 Å². The van der Waals surface area contributed by atoms with Crippen LogP contribution in [-0.2, 0) is 0 Å². The van der Waals surface area contributed by atoms with E-state index in [0.29, 0.717) is 12.2 Å². The van der Waals surface area contributed by atoms with E-state index in [9.17, 15) is 14.7 Å². The number of H-pyrrole nitrogens is 1. The maximum absolute atomic E-state index is 12.3. The van der Waals surface area contributed by atoms with E-state index in [-0.39, 0.29) is 11.5 Å². The normalized spacial score (nSPS) is 14.6. The van der Waals surface area contributed by atoms with E-state index in [1.165, 1.54) is 12.8 Å². The number of likely N-dealkylation sites (tertiary alicyclic amines) is 1. The molecule has 1 saturated heterocycles. The molecule has 3 rings (SSSR count). The number of rotatable bonds is 6. The van der Waals surface area contributed by atoms with Crippen LogP contribution in [0.15, 0.2) is 29.2 Å². The minimum atomic E-state index is -0.766. The van der Waals surface area contributed by atoms with Gasteiger partial charge in [-0.1, -0.05) is 6.07 Å². The number of aromatic nitrogens is 3. The lowest BCUT2D eigenvalue weighted by molar-refractivity contribution is 0.0943. The van der Waals surface area contributed by atoms with Crippen molar-refractivity contribution in [1.29, 1.82) is 0 Å². The third-order valence-corrected chi connectivity index (χ3v) is 4.15. The molecule has 132 valence electrons. The van der Waals surface area contributed by atoms with Gasteiger partial charge in [-0.05, 0) is 51.0 Å². The quantitative estimate of drug-likeness (QED) is 0.668. The van der Waals surface area contributed by atoms with Gasteiger partial charge in [-0.3, -0.25) is 14.6 Å². The van der Waals surface area contributed by atoms with E-state index in [4.69, 9.17) is 0 Å². The van der Waals surface area contributed by atoms with Crippen molar-refractivity contribution < 1.29 is 9.90 Å². The Hall–Kier alpha value is -2.74. The molecular weight excluding hydrogens is 322 g/mol. The first-order valence-corrected chi connectivity index (χ1v) is 8.40. The van der Waals surface area contributed by atoms with Crippen molar-refractivity contribution in [2.24, 2.45) is 0 Å². The second kappa shape index (κ2) is 7.89. The number of aromatic hydroxyl groups is 1.